The first kappa shape index (κ1) is 23.1. The van der Waals surface area contributed by atoms with Crippen LogP contribution in [-0.2, 0) is 0 Å². The van der Waals surface area contributed by atoms with Gasteiger partial charge in [0.15, 0.2) is 0 Å². The smallest absolute Gasteiger partial charge is 0.277 e. The molecule has 0 bridgehead atoms. The first-order valence-electron chi connectivity index (χ1n) is 11.5. The molecule has 33 heavy (non-hydrogen) atoms. The van der Waals surface area contributed by atoms with Crippen LogP contribution in [0.5, 0.6) is 0 Å². The summed E-state index contributed by atoms with van der Waals surface area (Å²) >= 11 is 0. The van der Waals surface area contributed by atoms with E-state index >= 15 is 0 Å². The van der Waals surface area contributed by atoms with Gasteiger partial charge in [-0.2, -0.15) is 0 Å². The average Bonchev–Trinajstić information content (AvgIpc) is 2.84. The van der Waals surface area contributed by atoms with Gasteiger partial charge >= 0.3 is 0 Å². The maximum absolute atomic E-state index is 13.0. The molecule has 176 valence electrons. The molecule has 5 nitrogen and oxygen atoms in total. The third-order valence-electron chi connectivity index (χ3n) is 6.32. The number of allylic oxidation sites excluding steroid dienone is 6. The van der Waals surface area contributed by atoms with Gasteiger partial charge in [-0.05, 0) is 56.4 Å². The number of benzene rings is 1. The van der Waals surface area contributed by atoms with E-state index in [1.54, 1.807) is 24.3 Å². The summed E-state index contributed by atoms with van der Waals surface area (Å²) in [6.45, 7) is -0.341. The van der Waals surface area contributed by atoms with Crippen molar-refractivity contribution in [1.82, 2.24) is 10.6 Å². The standard InChI is InChI=1S/C25H29F3N4O/c26-14-15-29-20-5-2-1-4-19(20)25(33)31-17-10-8-16(9-11-17)30-21-6-3-7-22-18(21)12-13-23(32-22)24(27)28/h1-7,13,16-18,24,29,32H,8-12,14-15H2,(H,31,33). The summed E-state index contributed by atoms with van der Waals surface area (Å²) in [4.78, 5) is 17.7. The third kappa shape index (κ3) is 5.67. The van der Waals surface area contributed by atoms with Gasteiger partial charge in [0, 0.05) is 35.6 Å². The first-order valence-corrected chi connectivity index (χ1v) is 11.5. The summed E-state index contributed by atoms with van der Waals surface area (Å²) in [6, 6.07) is 7.33. The topological polar surface area (TPSA) is 65.5 Å². The summed E-state index contributed by atoms with van der Waals surface area (Å²) in [5.74, 6) is -0.171. The van der Waals surface area contributed by atoms with Gasteiger partial charge in [-0.3, -0.25) is 9.79 Å². The molecule has 1 fully saturated rings. The minimum absolute atomic E-state index is 0.0109. The van der Waals surface area contributed by atoms with E-state index in [0.717, 1.165) is 37.1 Å². The van der Waals surface area contributed by atoms with E-state index < -0.39 is 13.1 Å². The van der Waals surface area contributed by atoms with Crippen molar-refractivity contribution in [3.05, 3.63) is 65.5 Å². The minimum Gasteiger partial charge on any atom is -0.382 e. The number of carbonyl (C=O) groups is 1. The van der Waals surface area contributed by atoms with Crippen molar-refractivity contribution in [3.8, 4) is 0 Å². The first-order chi connectivity index (χ1) is 16.0. The zero-order chi connectivity index (χ0) is 23.2. The van der Waals surface area contributed by atoms with E-state index in [-0.39, 0.29) is 36.2 Å². The van der Waals surface area contributed by atoms with E-state index in [1.807, 2.05) is 24.3 Å². The second-order valence-electron chi connectivity index (χ2n) is 8.55. The number of alkyl halides is 3. The molecule has 1 atom stereocenters. The summed E-state index contributed by atoms with van der Waals surface area (Å²) in [5.41, 5.74) is 2.80. The van der Waals surface area contributed by atoms with E-state index in [9.17, 15) is 18.0 Å². The number of amides is 1. The molecule has 0 spiro atoms. The van der Waals surface area contributed by atoms with E-state index in [0.29, 0.717) is 17.7 Å². The van der Waals surface area contributed by atoms with Gasteiger partial charge in [0.05, 0.1) is 17.3 Å². The predicted octanol–water partition coefficient (Wildman–Crippen LogP) is 4.76. The Morgan fingerprint density at radius 1 is 1.18 bits per heavy atom. The Morgan fingerprint density at radius 3 is 2.73 bits per heavy atom. The number of rotatable bonds is 7. The van der Waals surface area contributed by atoms with Crippen LogP contribution in [0.2, 0.25) is 0 Å². The number of halogens is 3. The molecule has 8 heteroatoms. The second kappa shape index (κ2) is 10.7. The van der Waals surface area contributed by atoms with Crippen molar-refractivity contribution in [3.63, 3.8) is 0 Å². The van der Waals surface area contributed by atoms with Gasteiger partial charge in [-0.15, -0.1) is 0 Å². The SMILES string of the molecule is O=C(NC1CCC(N=C2C=CC=C3NC(C(F)F)=CCC32)CC1)c1ccccc1NCCF. The number of para-hydroxylation sites is 1. The molecule has 3 N–H and O–H groups in total. The monoisotopic (exact) mass is 458 g/mol. The average molecular weight is 459 g/mol. The summed E-state index contributed by atoms with van der Waals surface area (Å²) < 4.78 is 38.5. The number of anilines is 1. The lowest BCUT2D eigenvalue weighted by molar-refractivity contribution is 0.0926. The number of aliphatic imine (C=N–C) groups is 1. The Morgan fingerprint density at radius 2 is 1.97 bits per heavy atom. The fourth-order valence-corrected chi connectivity index (χ4v) is 4.60. The van der Waals surface area contributed by atoms with E-state index in [4.69, 9.17) is 4.99 Å². The van der Waals surface area contributed by atoms with E-state index in [2.05, 4.69) is 16.0 Å². The molecule has 1 aromatic carbocycles. The van der Waals surface area contributed by atoms with Crippen LogP contribution in [0.4, 0.5) is 18.9 Å². The largest absolute Gasteiger partial charge is 0.382 e. The van der Waals surface area contributed by atoms with Crippen LogP contribution in [0.1, 0.15) is 42.5 Å². The van der Waals surface area contributed by atoms with Gasteiger partial charge in [0.25, 0.3) is 12.3 Å². The number of nitrogens with one attached hydrogen (secondary N) is 3. The number of nitrogens with zero attached hydrogens (tertiary/aromatic N) is 1. The molecule has 1 unspecified atom stereocenters. The van der Waals surface area contributed by atoms with Crippen LogP contribution in [0, 0.1) is 5.92 Å². The molecule has 1 heterocycles. The minimum atomic E-state index is -2.50. The zero-order valence-corrected chi connectivity index (χ0v) is 18.4. The Kier molecular flexibility index (Phi) is 7.52. The highest BCUT2D eigenvalue weighted by atomic mass is 19.3. The summed E-state index contributed by atoms with van der Waals surface area (Å²) in [6.07, 6.45) is 8.57. The lowest BCUT2D eigenvalue weighted by atomic mass is 9.87. The predicted molar refractivity (Wildman–Crippen MR) is 124 cm³/mol. The molecular formula is C25H29F3N4O. The molecule has 1 amide bonds. The van der Waals surface area contributed by atoms with Gasteiger partial charge in [0.1, 0.15) is 6.67 Å². The van der Waals surface area contributed by atoms with Crippen LogP contribution in [-0.4, -0.2) is 43.3 Å². The summed E-state index contributed by atoms with van der Waals surface area (Å²) in [7, 11) is 0. The fraction of sp³-hybridized carbons (Fsp3) is 0.440. The maximum Gasteiger partial charge on any atom is 0.277 e. The Labute approximate surface area is 191 Å². The van der Waals surface area contributed by atoms with Crippen LogP contribution in [0.15, 0.2) is 65.0 Å². The molecule has 2 aliphatic carbocycles. The highest BCUT2D eigenvalue weighted by Crippen LogP contribution is 2.30. The Balaban J connectivity index is 1.33. The van der Waals surface area contributed by atoms with Crippen molar-refractivity contribution in [2.45, 2.75) is 50.6 Å². The molecule has 0 radical (unpaired) electrons. The van der Waals surface area contributed by atoms with Crippen molar-refractivity contribution in [2.75, 3.05) is 18.5 Å². The number of hydrogen-bond donors (Lipinski definition) is 3. The van der Waals surface area contributed by atoms with Gasteiger partial charge in [-0.1, -0.05) is 24.3 Å². The normalized spacial score (nSPS) is 25.7. The fourth-order valence-electron chi connectivity index (χ4n) is 4.60. The summed E-state index contributed by atoms with van der Waals surface area (Å²) in [5, 5.41) is 8.90. The molecule has 4 rings (SSSR count). The third-order valence-corrected chi connectivity index (χ3v) is 6.32. The highest BCUT2D eigenvalue weighted by molar-refractivity contribution is 6.01. The maximum atomic E-state index is 13.0. The molecule has 1 saturated carbocycles. The molecular weight excluding hydrogens is 429 g/mol. The van der Waals surface area contributed by atoms with Crippen LogP contribution in [0.3, 0.4) is 0 Å². The van der Waals surface area contributed by atoms with Gasteiger partial charge < -0.3 is 16.0 Å². The molecule has 1 aromatic rings. The van der Waals surface area contributed by atoms with Gasteiger partial charge in [0.2, 0.25) is 0 Å². The van der Waals surface area contributed by atoms with Gasteiger partial charge in [-0.25, -0.2) is 13.2 Å². The highest BCUT2D eigenvalue weighted by Gasteiger charge is 2.29. The Bertz CT molecular complexity index is 978. The number of hydrogen-bond acceptors (Lipinski definition) is 4. The van der Waals surface area contributed by atoms with Crippen LogP contribution < -0.4 is 16.0 Å². The molecule has 1 aliphatic heterocycles. The van der Waals surface area contributed by atoms with E-state index in [1.165, 1.54) is 0 Å². The van der Waals surface area contributed by atoms with Crippen LogP contribution in [0.25, 0.3) is 0 Å². The number of fused-ring (bicyclic) bond motifs is 1. The lowest BCUT2D eigenvalue weighted by Gasteiger charge is -2.31. The van der Waals surface area contributed by atoms with Crippen molar-refractivity contribution in [1.29, 1.82) is 0 Å². The van der Waals surface area contributed by atoms with Crippen molar-refractivity contribution in [2.24, 2.45) is 10.9 Å². The van der Waals surface area contributed by atoms with Crippen molar-refractivity contribution >= 4 is 17.3 Å². The molecule has 3 aliphatic rings. The lowest BCUT2D eigenvalue weighted by Crippen LogP contribution is -2.39. The second-order valence-corrected chi connectivity index (χ2v) is 8.55. The van der Waals surface area contributed by atoms with Crippen LogP contribution >= 0.6 is 0 Å². The van der Waals surface area contributed by atoms with Crippen molar-refractivity contribution < 1.29 is 18.0 Å². The molecule has 0 saturated heterocycles. The Hall–Kier alpha value is -3.03. The zero-order valence-electron chi connectivity index (χ0n) is 18.4. The quantitative estimate of drug-likeness (QED) is 0.552. The number of carbonyl (C=O) groups excluding carboxylic acids is 1. The molecule has 0 aromatic heterocycles.